The minimum absolute atomic E-state index is 0.0879. The van der Waals surface area contributed by atoms with Crippen molar-refractivity contribution in [3.63, 3.8) is 0 Å². The van der Waals surface area contributed by atoms with Gasteiger partial charge in [-0.25, -0.2) is 15.8 Å². The van der Waals surface area contributed by atoms with Crippen LogP contribution in [-0.4, -0.2) is 44.5 Å². The van der Waals surface area contributed by atoms with Crippen LogP contribution in [-0.2, 0) is 17.9 Å². The van der Waals surface area contributed by atoms with Crippen LogP contribution in [0.1, 0.15) is 12.0 Å². The summed E-state index contributed by atoms with van der Waals surface area (Å²) in [7, 11) is 0. The van der Waals surface area contributed by atoms with E-state index in [1.54, 1.807) is 24.9 Å². The lowest BCUT2D eigenvalue weighted by molar-refractivity contribution is -0.133. The summed E-state index contributed by atoms with van der Waals surface area (Å²) in [5.41, 5.74) is 9.73. The summed E-state index contributed by atoms with van der Waals surface area (Å²) < 4.78 is 2.02. The summed E-state index contributed by atoms with van der Waals surface area (Å²) in [6, 6.07) is 3.63. The van der Waals surface area contributed by atoms with E-state index >= 15 is 0 Å². The van der Waals surface area contributed by atoms with Gasteiger partial charge in [0.05, 0.1) is 6.33 Å². The Morgan fingerprint density at radius 2 is 2.17 bits per heavy atom. The molecule has 1 saturated heterocycles. The van der Waals surface area contributed by atoms with Crippen LogP contribution in [0.25, 0.3) is 0 Å². The Morgan fingerprint density at radius 3 is 2.87 bits per heavy atom. The largest absolute Gasteiger partial charge is 0.337 e. The number of nitrogens with one attached hydrogen (secondary N) is 3. The average Bonchev–Trinajstić information content (AvgIpc) is 3.28. The zero-order valence-electron chi connectivity index (χ0n) is 12.9. The molecule has 0 spiro atoms. The van der Waals surface area contributed by atoms with E-state index in [0.717, 1.165) is 18.5 Å². The van der Waals surface area contributed by atoms with Crippen molar-refractivity contribution in [2.45, 2.75) is 25.6 Å². The molecule has 0 radical (unpaired) electrons. The van der Waals surface area contributed by atoms with Gasteiger partial charge in [-0.1, -0.05) is 0 Å². The molecule has 0 bridgehead atoms. The van der Waals surface area contributed by atoms with Crippen LogP contribution in [0.2, 0.25) is 0 Å². The van der Waals surface area contributed by atoms with Crippen LogP contribution >= 0.6 is 0 Å². The molecule has 23 heavy (non-hydrogen) atoms. The van der Waals surface area contributed by atoms with Crippen molar-refractivity contribution in [1.82, 2.24) is 35.8 Å². The number of carbonyl (C=O) groups excluding carboxylic acids is 1. The second-order valence-electron chi connectivity index (χ2n) is 5.47. The number of hydrogen-bond donors (Lipinski definition) is 3. The molecule has 122 valence electrons. The maximum Gasteiger partial charge on any atom is 0.242 e. The first kappa shape index (κ1) is 15.6. The molecular weight excluding hydrogens is 294 g/mol. The van der Waals surface area contributed by atoms with Crippen molar-refractivity contribution in [2.75, 3.05) is 13.1 Å². The Balaban J connectivity index is 1.61. The molecule has 8 heteroatoms. The predicted octanol–water partition coefficient (Wildman–Crippen LogP) is -0.322. The molecule has 3 heterocycles. The Morgan fingerprint density at radius 1 is 1.30 bits per heavy atom. The Labute approximate surface area is 134 Å². The first-order valence-electron chi connectivity index (χ1n) is 7.70. The lowest BCUT2D eigenvalue weighted by atomic mass is 10.2. The number of nitrogens with zero attached hydrogens (tertiary/aromatic N) is 4. The van der Waals surface area contributed by atoms with Gasteiger partial charge in [0.15, 0.2) is 0 Å². The van der Waals surface area contributed by atoms with Gasteiger partial charge < -0.3 is 9.47 Å². The quantitative estimate of drug-likeness (QED) is 0.649. The molecule has 1 aliphatic heterocycles. The van der Waals surface area contributed by atoms with E-state index in [0.29, 0.717) is 19.6 Å². The Hall–Kier alpha value is -2.29. The van der Waals surface area contributed by atoms with E-state index < -0.39 is 0 Å². The van der Waals surface area contributed by atoms with E-state index in [2.05, 4.69) is 26.4 Å². The maximum atomic E-state index is 12.7. The molecule has 1 amide bonds. The van der Waals surface area contributed by atoms with Crippen LogP contribution in [0.5, 0.6) is 0 Å². The van der Waals surface area contributed by atoms with Crippen molar-refractivity contribution in [2.24, 2.45) is 0 Å². The number of aryl methyl sites for hydroxylation is 1. The van der Waals surface area contributed by atoms with Crippen molar-refractivity contribution in [3.05, 3.63) is 48.8 Å². The van der Waals surface area contributed by atoms with Gasteiger partial charge in [0, 0.05) is 51.0 Å². The van der Waals surface area contributed by atoms with E-state index in [1.807, 2.05) is 27.8 Å². The molecule has 8 nitrogen and oxygen atoms in total. The normalized spacial score (nSPS) is 17.3. The standard InChI is InChI=1S/C15H21N7O/c23-15(14-10-18-20-19-14)22(11-13-2-4-16-5-3-13)8-1-7-21-9-6-17-12-21/h2-6,9,12,14,18-20H,1,7-8,10-11H2. The predicted molar refractivity (Wildman–Crippen MR) is 84.6 cm³/mol. The highest BCUT2D eigenvalue weighted by atomic mass is 16.2. The smallest absolute Gasteiger partial charge is 0.242 e. The maximum absolute atomic E-state index is 12.7. The summed E-state index contributed by atoms with van der Waals surface area (Å²) in [5, 5.41) is 0. The third-order valence-corrected chi connectivity index (χ3v) is 3.78. The van der Waals surface area contributed by atoms with Crippen LogP contribution in [0.3, 0.4) is 0 Å². The van der Waals surface area contributed by atoms with E-state index in [9.17, 15) is 4.79 Å². The summed E-state index contributed by atoms with van der Waals surface area (Å²) >= 11 is 0. The summed E-state index contributed by atoms with van der Waals surface area (Å²) in [6.07, 6.45) is 9.87. The average molecular weight is 315 g/mol. The molecule has 3 rings (SSSR count). The number of pyridine rings is 1. The number of hydrazine groups is 2. The highest BCUT2D eigenvalue weighted by Gasteiger charge is 2.26. The molecule has 2 aromatic rings. The molecule has 1 atom stereocenters. The number of hydrogen-bond acceptors (Lipinski definition) is 6. The minimum Gasteiger partial charge on any atom is -0.337 e. The fraction of sp³-hybridized carbons (Fsp3) is 0.400. The van der Waals surface area contributed by atoms with Gasteiger partial charge in [-0.05, 0) is 24.1 Å². The fourth-order valence-electron chi connectivity index (χ4n) is 2.55. The number of imidazole rings is 1. The second-order valence-corrected chi connectivity index (χ2v) is 5.47. The van der Waals surface area contributed by atoms with Crippen molar-refractivity contribution < 1.29 is 4.79 Å². The second kappa shape index (κ2) is 7.82. The molecule has 3 N–H and O–H groups in total. The topological polar surface area (TPSA) is 87.1 Å². The van der Waals surface area contributed by atoms with Crippen molar-refractivity contribution >= 4 is 5.91 Å². The first-order chi connectivity index (χ1) is 11.3. The lowest BCUT2D eigenvalue weighted by Gasteiger charge is -2.25. The number of aromatic nitrogens is 3. The lowest BCUT2D eigenvalue weighted by Crippen LogP contribution is -2.46. The molecule has 1 aliphatic rings. The third kappa shape index (κ3) is 4.35. The molecule has 0 aliphatic carbocycles. The zero-order chi connectivity index (χ0) is 15.9. The molecule has 1 unspecified atom stereocenters. The summed E-state index contributed by atoms with van der Waals surface area (Å²) in [5.74, 6) is 0.0879. The van der Waals surface area contributed by atoms with Gasteiger partial charge in [-0.15, -0.1) is 0 Å². The first-order valence-corrected chi connectivity index (χ1v) is 7.70. The molecule has 1 fully saturated rings. The van der Waals surface area contributed by atoms with E-state index in [-0.39, 0.29) is 11.9 Å². The Kier molecular flexibility index (Phi) is 5.30. The number of carbonyl (C=O) groups is 1. The van der Waals surface area contributed by atoms with Crippen molar-refractivity contribution in [3.8, 4) is 0 Å². The van der Waals surface area contributed by atoms with Crippen LogP contribution in [0.15, 0.2) is 43.2 Å². The van der Waals surface area contributed by atoms with Crippen LogP contribution < -0.4 is 16.4 Å². The third-order valence-electron chi connectivity index (χ3n) is 3.78. The highest BCUT2D eigenvalue weighted by Crippen LogP contribution is 2.08. The minimum atomic E-state index is -0.245. The van der Waals surface area contributed by atoms with Crippen molar-refractivity contribution in [1.29, 1.82) is 0 Å². The van der Waals surface area contributed by atoms with Gasteiger partial charge >= 0.3 is 0 Å². The fourth-order valence-corrected chi connectivity index (χ4v) is 2.55. The summed E-state index contributed by atoms with van der Waals surface area (Å²) in [4.78, 5) is 22.6. The number of amides is 1. The van der Waals surface area contributed by atoms with E-state index in [1.165, 1.54) is 0 Å². The number of rotatable bonds is 7. The monoisotopic (exact) mass is 315 g/mol. The molecular formula is C15H21N7O. The molecule has 0 aromatic carbocycles. The molecule has 2 aromatic heterocycles. The van der Waals surface area contributed by atoms with Gasteiger partial charge in [-0.2, -0.15) is 5.53 Å². The van der Waals surface area contributed by atoms with Crippen LogP contribution in [0.4, 0.5) is 0 Å². The highest BCUT2D eigenvalue weighted by molar-refractivity contribution is 5.82. The van der Waals surface area contributed by atoms with Crippen LogP contribution in [0, 0.1) is 0 Å². The zero-order valence-corrected chi connectivity index (χ0v) is 12.9. The van der Waals surface area contributed by atoms with Gasteiger partial charge in [0.2, 0.25) is 5.91 Å². The Bertz CT molecular complexity index is 596. The molecule has 0 saturated carbocycles. The summed E-state index contributed by atoms with van der Waals surface area (Å²) in [6.45, 7) is 2.70. The van der Waals surface area contributed by atoms with E-state index in [4.69, 9.17) is 0 Å². The van der Waals surface area contributed by atoms with Gasteiger partial charge in [0.1, 0.15) is 6.04 Å². The van der Waals surface area contributed by atoms with Gasteiger partial charge in [0.25, 0.3) is 0 Å². The SMILES string of the molecule is O=C(C1CNNN1)N(CCCn1ccnc1)Cc1ccncc1. The van der Waals surface area contributed by atoms with Gasteiger partial charge in [-0.3, -0.25) is 9.78 Å².